The predicted octanol–water partition coefficient (Wildman–Crippen LogP) is 3.31. The van der Waals surface area contributed by atoms with Gasteiger partial charge in [0.1, 0.15) is 5.78 Å². The molecule has 0 spiro atoms. The van der Waals surface area contributed by atoms with Crippen molar-refractivity contribution in [1.29, 1.82) is 0 Å². The van der Waals surface area contributed by atoms with Crippen LogP contribution in [-0.4, -0.2) is 140 Å². The van der Waals surface area contributed by atoms with Crippen LogP contribution in [0.5, 0.6) is 0 Å². The summed E-state index contributed by atoms with van der Waals surface area (Å²) in [6.07, 6.45) is -9.23. The zero-order valence-corrected chi connectivity index (χ0v) is 39.9. The molecule has 0 aliphatic heterocycles. The summed E-state index contributed by atoms with van der Waals surface area (Å²) in [6, 6.07) is 0. The minimum absolute atomic E-state index is 0.110. The molecule has 0 rings (SSSR count). The van der Waals surface area contributed by atoms with Crippen LogP contribution in [0.2, 0.25) is 0 Å². The highest BCUT2D eigenvalue weighted by Gasteiger charge is 2.40. The molecule has 0 saturated heterocycles. The third-order valence-corrected chi connectivity index (χ3v) is 11.8. The molecule has 0 heterocycles. The van der Waals surface area contributed by atoms with Gasteiger partial charge in [-0.05, 0) is 105 Å². The summed E-state index contributed by atoms with van der Waals surface area (Å²) in [7, 11) is 0. The van der Waals surface area contributed by atoms with Gasteiger partial charge in [0.15, 0.2) is 0 Å². The summed E-state index contributed by atoms with van der Waals surface area (Å²) in [4.78, 5) is 148. The second-order valence-electron chi connectivity index (χ2n) is 19.0. The molecule has 24 heteroatoms. The van der Waals surface area contributed by atoms with Gasteiger partial charge in [0.05, 0.1) is 0 Å². The van der Waals surface area contributed by atoms with Gasteiger partial charge in [-0.2, -0.15) is 0 Å². The van der Waals surface area contributed by atoms with Crippen LogP contribution in [0.4, 0.5) is 0 Å². The van der Waals surface area contributed by atoms with E-state index in [0.29, 0.717) is 0 Å². The van der Waals surface area contributed by atoms with Crippen molar-refractivity contribution in [2.24, 2.45) is 0 Å². The molecular weight excluding hydrogens is 917 g/mol. The summed E-state index contributed by atoms with van der Waals surface area (Å²) in [5, 5.41) is 87.5. The Labute approximate surface area is 399 Å². The van der Waals surface area contributed by atoms with Crippen molar-refractivity contribution in [2.75, 3.05) is 0 Å². The van der Waals surface area contributed by atoms with E-state index in [2.05, 4.69) is 21.3 Å². The van der Waals surface area contributed by atoms with E-state index in [0.717, 1.165) is 0 Å². The molecule has 0 aliphatic carbocycles. The zero-order chi connectivity index (χ0) is 53.2. The van der Waals surface area contributed by atoms with Gasteiger partial charge in [-0.15, -0.1) is 0 Å². The van der Waals surface area contributed by atoms with E-state index in [1.54, 1.807) is 20.8 Å². The maximum Gasteiger partial charge on any atom is 0.303 e. The standard InChI is InChI=1S/C45H72N4O20/c1-29(50)5-17-42(21-9-33(54)55,22-10-34(56)57)46-30(51)6-18-45(49-41(2,3)4,19-7-31(52)47-43(23-11-35(58)59,24-12-36(60)61)25-13-37(62)63)20-8-32(53)48-44(26-14-38(64)65,27-15-39(66)67)28-16-40(68)69/h49H,5-28H2,1-4H3,(H,46,51)(H,47,52)(H,48,53)(H,54,55)(H,56,57)(H,58,59)(H,60,61)(H,62,63)(H,64,65)(H,66,67)(H,68,69). The van der Waals surface area contributed by atoms with E-state index in [-0.39, 0.29) is 89.3 Å². The molecule has 392 valence electrons. The molecule has 0 fully saturated rings. The van der Waals surface area contributed by atoms with Gasteiger partial charge >= 0.3 is 47.8 Å². The van der Waals surface area contributed by atoms with Crippen molar-refractivity contribution in [3.63, 3.8) is 0 Å². The van der Waals surface area contributed by atoms with Crippen LogP contribution in [0.25, 0.3) is 0 Å². The highest BCUT2D eigenvalue weighted by atomic mass is 16.4. The topological polar surface area (TPSA) is 415 Å². The lowest BCUT2D eigenvalue weighted by Crippen LogP contribution is -2.57. The first-order valence-corrected chi connectivity index (χ1v) is 22.7. The van der Waals surface area contributed by atoms with Crippen LogP contribution >= 0.6 is 0 Å². The molecule has 0 saturated carbocycles. The summed E-state index contributed by atoms with van der Waals surface area (Å²) in [5.74, 6) is -13.0. The van der Waals surface area contributed by atoms with Gasteiger partial charge in [0.25, 0.3) is 0 Å². The monoisotopic (exact) mass is 988 g/mol. The molecule has 69 heavy (non-hydrogen) atoms. The third kappa shape index (κ3) is 29.3. The normalized spacial score (nSPS) is 12.1. The first-order chi connectivity index (χ1) is 31.8. The van der Waals surface area contributed by atoms with E-state index in [4.69, 9.17) is 0 Å². The minimum Gasteiger partial charge on any atom is -0.481 e. The fourth-order valence-electron chi connectivity index (χ4n) is 8.36. The van der Waals surface area contributed by atoms with E-state index in [1.807, 2.05) is 0 Å². The van der Waals surface area contributed by atoms with Gasteiger partial charge < -0.3 is 66.9 Å². The van der Waals surface area contributed by atoms with Crippen molar-refractivity contribution < 1.29 is 98.4 Å². The summed E-state index contributed by atoms with van der Waals surface area (Å²) in [5.41, 5.74) is -7.01. The molecular formula is C45H72N4O20. The van der Waals surface area contributed by atoms with E-state index >= 15 is 0 Å². The number of ketones is 1. The lowest BCUT2D eigenvalue weighted by Gasteiger charge is -2.42. The van der Waals surface area contributed by atoms with Crippen LogP contribution in [0.15, 0.2) is 0 Å². The number of carboxylic acid groups (broad SMARTS) is 8. The number of nitrogens with one attached hydrogen (secondary N) is 4. The Morgan fingerprint density at radius 2 is 0.464 bits per heavy atom. The van der Waals surface area contributed by atoms with Gasteiger partial charge in [0, 0.05) is 105 Å². The molecule has 24 nitrogen and oxygen atoms in total. The fraction of sp³-hybridized carbons (Fsp3) is 0.733. The lowest BCUT2D eigenvalue weighted by atomic mass is 9.79. The number of rotatable bonds is 40. The Hall–Kier alpha value is -6.20. The number of carboxylic acids is 8. The second kappa shape index (κ2) is 29.6. The summed E-state index contributed by atoms with van der Waals surface area (Å²) in [6.45, 7) is 6.42. The molecule has 0 aromatic rings. The molecule has 0 radical (unpaired) electrons. The van der Waals surface area contributed by atoms with Crippen molar-refractivity contribution in [3.8, 4) is 0 Å². The fourth-order valence-corrected chi connectivity index (χ4v) is 8.36. The number of amides is 3. The Morgan fingerprint density at radius 3 is 0.623 bits per heavy atom. The Bertz CT molecular complexity index is 1510. The SMILES string of the molecule is CC(=O)CCC(CCC(=O)O)(CCC(=O)O)NC(=O)CCC(CCC(=O)NC(CCC(=O)O)(CCC(=O)O)CCC(=O)O)(CCC(=O)NC(CCC(=O)O)(CCC(=O)O)CCC(=O)O)NC(C)(C)C. The Balaban J connectivity index is 7.51. The minimum atomic E-state index is -1.62. The number of carbonyl (C=O) groups is 12. The zero-order valence-electron chi connectivity index (χ0n) is 39.9. The van der Waals surface area contributed by atoms with E-state index in [1.165, 1.54) is 6.92 Å². The summed E-state index contributed by atoms with van der Waals surface area (Å²) < 4.78 is 0. The van der Waals surface area contributed by atoms with Crippen LogP contribution in [0, 0.1) is 0 Å². The molecule has 0 aromatic heterocycles. The van der Waals surface area contributed by atoms with Crippen LogP contribution < -0.4 is 21.3 Å². The van der Waals surface area contributed by atoms with Crippen molar-refractivity contribution in [2.45, 2.75) is 209 Å². The number of hydrogen-bond donors (Lipinski definition) is 12. The average molecular weight is 989 g/mol. The molecule has 0 aromatic carbocycles. The molecule has 3 amide bonds. The number of aliphatic carboxylic acids is 8. The van der Waals surface area contributed by atoms with Crippen molar-refractivity contribution in [1.82, 2.24) is 21.3 Å². The van der Waals surface area contributed by atoms with Crippen LogP contribution in [0.3, 0.4) is 0 Å². The average Bonchev–Trinajstić information content (AvgIpc) is 3.22. The Kier molecular flexibility index (Phi) is 27.0. The second-order valence-corrected chi connectivity index (χ2v) is 19.0. The highest BCUT2D eigenvalue weighted by molar-refractivity contribution is 5.80. The molecule has 0 atom stereocenters. The number of hydrogen-bond acceptors (Lipinski definition) is 13. The number of Topliss-reactive ketones (excluding diaryl/α,β-unsaturated/α-hetero) is 1. The predicted molar refractivity (Wildman–Crippen MR) is 241 cm³/mol. The van der Waals surface area contributed by atoms with E-state index in [9.17, 15) is 98.4 Å². The molecule has 0 aliphatic rings. The molecule has 12 N–H and O–H groups in total. The smallest absolute Gasteiger partial charge is 0.303 e. The maximum absolute atomic E-state index is 14.1. The largest absolute Gasteiger partial charge is 0.481 e. The van der Waals surface area contributed by atoms with Crippen LogP contribution in [-0.2, 0) is 57.5 Å². The van der Waals surface area contributed by atoms with Gasteiger partial charge in [-0.25, -0.2) is 0 Å². The first kappa shape index (κ1) is 62.8. The van der Waals surface area contributed by atoms with Crippen molar-refractivity contribution in [3.05, 3.63) is 0 Å². The first-order valence-electron chi connectivity index (χ1n) is 22.7. The van der Waals surface area contributed by atoms with Crippen LogP contribution in [0.1, 0.15) is 182 Å². The lowest BCUT2D eigenvalue weighted by molar-refractivity contribution is -0.141. The quantitative estimate of drug-likeness (QED) is 0.0419. The molecule has 0 bridgehead atoms. The Morgan fingerprint density at radius 1 is 0.290 bits per heavy atom. The summed E-state index contributed by atoms with van der Waals surface area (Å²) >= 11 is 0. The van der Waals surface area contributed by atoms with Crippen molar-refractivity contribution >= 4 is 71.3 Å². The number of carbonyl (C=O) groups excluding carboxylic acids is 4. The van der Waals surface area contributed by atoms with E-state index < -0.39 is 164 Å². The molecule has 0 unspecified atom stereocenters. The van der Waals surface area contributed by atoms with Gasteiger partial charge in [-0.3, -0.25) is 52.7 Å². The maximum atomic E-state index is 14.1. The third-order valence-electron chi connectivity index (χ3n) is 11.8. The highest BCUT2D eigenvalue weighted by Crippen LogP contribution is 2.33. The van der Waals surface area contributed by atoms with Gasteiger partial charge in [0.2, 0.25) is 17.7 Å². The van der Waals surface area contributed by atoms with Gasteiger partial charge in [-0.1, -0.05) is 0 Å².